The number of benzene rings is 1. The Balaban J connectivity index is 2.82. The van der Waals surface area contributed by atoms with Crippen molar-refractivity contribution in [2.24, 2.45) is 0 Å². The molecule has 21 heavy (non-hydrogen) atoms. The van der Waals surface area contributed by atoms with Crippen LogP contribution in [0.1, 0.15) is 46.1 Å². The van der Waals surface area contributed by atoms with Crippen molar-refractivity contribution in [3.8, 4) is 11.5 Å². The zero-order valence-electron chi connectivity index (χ0n) is 13.5. The first-order chi connectivity index (χ1) is 10.1. The van der Waals surface area contributed by atoms with Crippen molar-refractivity contribution in [1.82, 2.24) is 0 Å². The number of carbonyl (C=O) groups is 1. The van der Waals surface area contributed by atoms with Crippen LogP contribution in [0.25, 0.3) is 0 Å². The van der Waals surface area contributed by atoms with Gasteiger partial charge in [0.25, 0.3) is 0 Å². The molecule has 4 heteroatoms. The lowest BCUT2D eigenvalue weighted by Gasteiger charge is -2.14. The van der Waals surface area contributed by atoms with Crippen molar-refractivity contribution in [2.75, 3.05) is 13.2 Å². The summed E-state index contributed by atoms with van der Waals surface area (Å²) in [4.78, 5) is 11.8. The van der Waals surface area contributed by atoms with Gasteiger partial charge in [-0.15, -0.1) is 0 Å². The Morgan fingerprint density at radius 2 is 1.76 bits per heavy atom. The highest BCUT2D eigenvalue weighted by Gasteiger charge is 2.13. The molecule has 0 saturated heterocycles. The maximum Gasteiger partial charge on any atom is 0.310 e. The van der Waals surface area contributed by atoms with Gasteiger partial charge in [-0.1, -0.05) is 19.9 Å². The molecular weight excluding hydrogens is 268 g/mol. The molecule has 1 aromatic rings. The molecule has 0 bridgehead atoms. The molecule has 0 fully saturated rings. The summed E-state index contributed by atoms with van der Waals surface area (Å²) in [6, 6.07) is 5.59. The topological polar surface area (TPSA) is 44.8 Å². The second kappa shape index (κ2) is 9.27. The normalized spacial score (nSPS) is 10.5. The van der Waals surface area contributed by atoms with Gasteiger partial charge in [-0.2, -0.15) is 0 Å². The lowest BCUT2D eigenvalue weighted by molar-refractivity contribution is -0.146. The van der Waals surface area contributed by atoms with Crippen molar-refractivity contribution in [1.29, 1.82) is 0 Å². The number of hydrogen-bond donors (Lipinski definition) is 0. The van der Waals surface area contributed by atoms with Gasteiger partial charge in [0.1, 0.15) is 11.5 Å². The van der Waals surface area contributed by atoms with Crippen LogP contribution in [0.4, 0.5) is 0 Å². The highest BCUT2D eigenvalue weighted by atomic mass is 16.5. The molecule has 1 rings (SSSR count). The fourth-order valence-corrected chi connectivity index (χ4v) is 1.80. The summed E-state index contributed by atoms with van der Waals surface area (Å²) in [6.07, 6.45) is 1.97. The predicted molar refractivity (Wildman–Crippen MR) is 82.9 cm³/mol. The Kier molecular flexibility index (Phi) is 7.65. The van der Waals surface area contributed by atoms with Crippen LogP contribution < -0.4 is 9.47 Å². The van der Waals surface area contributed by atoms with Crippen LogP contribution in [0, 0.1) is 0 Å². The molecule has 1 aromatic carbocycles. The van der Waals surface area contributed by atoms with Gasteiger partial charge in [0.05, 0.1) is 25.7 Å². The van der Waals surface area contributed by atoms with E-state index < -0.39 is 0 Å². The molecule has 0 heterocycles. The van der Waals surface area contributed by atoms with Gasteiger partial charge >= 0.3 is 5.97 Å². The maximum absolute atomic E-state index is 11.8. The number of carbonyl (C=O) groups excluding carboxylic acids is 1. The van der Waals surface area contributed by atoms with E-state index in [9.17, 15) is 4.79 Å². The number of esters is 1. The van der Waals surface area contributed by atoms with Crippen LogP contribution in [0.3, 0.4) is 0 Å². The molecule has 0 radical (unpaired) electrons. The summed E-state index contributed by atoms with van der Waals surface area (Å²) >= 11 is 0. The highest BCUT2D eigenvalue weighted by molar-refractivity contribution is 5.74. The summed E-state index contributed by atoms with van der Waals surface area (Å²) in [6.45, 7) is 9.07. The fraction of sp³-hybridized carbons (Fsp3) is 0.588. The average molecular weight is 294 g/mol. The Hall–Kier alpha value is -1.71. The highest BCUT2D eigenvalue weighted by Crippen LogP contribution is 2.26. The zero-order chi connectivity index (χ0) is 15.7. The number of rotatable bonds is 9. The summed E-state index contributed by atoms with van der Waals surface area (Å²) in [5.41, 5.74) is 0.831. The molecule has 0 unspecified atom stereocenters. The van der Waals surface area contributed by atoms with Crippen LogP contribution in [0.5, 0.6) is 11.5 Å². The van der Waals surface area contributed by atoms with Gasteiger partial charge in [0.2, 0.25) is 0 Å². The molecule has 0 aliphatic rings. The third-order valence-corrected chi connectivity index (χ3v) is 2.68. The van der Waals surface area contributed by atoms with Crippen LogP contribution in [-0.4, -0.2) is 25.3 Å². The first-order valence-corrected chi connectivity index (χ1v) is 7.64. The van der Waals surface area contributed by atoms with E-state index in [1.807, 2.05) is 39.0 Å². The second-order valence-electron chi connectivity index (χ2n) is 5.18. The van der Waals surface area contributed by atoms with Gasteiger partial charge in [-0.05, 0) is 32.8 Å². The molecular formula is C17H26O4. The monoisotopic (exact) mass is 294 g/mol. The van der Waals surface area contributed by atoms with E-state index >= 15 is 0 Å². The summed E-state index contributed by atoms with van der Waals surface area (Å²) < 4.78 is 16.5. The van der Waals surface area contributed by atoms with Crippen LogP contribution >= 0.6 is 0 Å². The molecule has 0 aliphatic heterocycles. The first kappa shape index (κ1) is 17.3. The third-order valence-electron chi connectivity index (χ3n) is 2.68. The fourth-order valence-electron chi connectivity index (χ4n) is 1.80. The van der Waals surface area contributed by atoms with Crippen LogP contribution in [0.15, 0.2) is 18.2 Å². The van der Waals surface area contributed by atoms with Gasteiger partial charge in [-0.3, -0.25) is 4.79 Å². The molecule has 0 atom stereocenters. The Labute approximate surface area is 127 Å². The quantitative estimate of drug-likeness (QED) is 0.651. The van der Waals surface area contributed by atoms with E-state index in [2.05, 4.69) is 6.92 Å². The van der Waals surface area contributed by atoms with Crippen molar-refractivity contribution in [3.05, 3.63) is 23.8 Å². The average Bonchev–Trinajstić information content (AvgIpc) is 2.43. The van der Waals surface area contributed by atoms with Crippen molar-refractivity contribution < 1.29 is 19.0 Å². The van der Waals surface area contributed by atoms with E-state index in [4.69, 9.17) is 14.2 Å². The van der Waals surface area contributed by atoms with E-state index in [0.717, 1.165) is 24.2 Å². The number of ether oxygens (including phenoxy) is 3. The lowest BCUT2D eigenvalue weighted by Crippen LogP contribution is -2.14. The smallest absolute Gasteiger partial charge is 0.310 e. The lowest BCUT2D eigenvalue weighted by atomic mass is 10.1. The zero-order valence-corrected chi connectivity index (χ0v) is 13.5. The van der Waals surface area contributed by atoms with Gasteiger partial charge in [0.15, 0.2) is 0 Å². The molecule has 4 nitrogen and oxygen atoms in total. The minimum Gasteiger partial charge on any atom is -0.493 e. The Morgan fingerprint density at radius 3 is 2.38 bits per heavy atom. The Bertz CT molecular complexity index is 440. The largest absolute Gasteiger partial charge is 0.493 e. The summed E-state index contributed by atoms with van der Waals surface area (Å²) in [5, 5.41) is 0. The second-order valence-corrected chi connectivity index (χ2v) is 5.18. The van der Waals surface area contributed by atoms with Crippen LogP contribution in [-0.2, 0) is 16.0 Å². The molecule has 0 aliphatic carbocycles. The predicted octanol–water partition coefficient (Wildman–Crippen LogP) is 3.76. The van der Waals surface area contributed by atoms with E-state index in [1.165, 1.54) is 0 Å². The molecule has 118 valence electrons. The van der Waals surface area contributed by atoms with Crippen LogP contribution in [0.2, 0.25) is 0 Å². The summed E-state index contributed by atoms with van der Waals surface area (Å²) in [7, 11) is 0. The first-order valence-electron chi connectivity index (χ1n) is 7.64. The molecule has 0 aromatic heterocycles. The SMILES string of the molecule is CCCOc1ccc(CC(=O)OC(C)C)c(OCCC)c1. The molecule has 0 N–H and O–H groups in total. The van der Waals surface area contributed by atoms with E-state index in [-0.39, 0.29) is 18.5 Å². The van der Waals surface area contributed by atoms with Crippen molar-refractivity contribution in [2.45, 2.75) is 53.1 Å². The maximum atomic E-state index is 11.8. The summed E-state index contributed by atoms with van der Waals surface area (Å²) in [5.74, 6) is 1.23. The Morgan fingerprint density at radius 1 is 1.10 bits per heavy atom. The van der Waals surface area contributed by atoms with Gasteiger partial charge in [0, 0.05) is 11.6 Å². The molecule has 0 amide bonds. The number of hydrogen-bond acceptors (Lipinski definition) is 4. The van der Waals surface area contributed by atoms with Crippen molar-refractivity contribution in [3.63, 3.8) is 0 Å². The molecule has 0 spiro atoms. The van der Waals surface area contributed by atoms with E-state index in [0.29, 0.717) is 19.0 Å². The molecule has 0 saturated carbocycles. The minimum atomic E-state index is -0.242. The van der Waals surface area contributed by atoms with Gasteiger partial charge in [-0.25, -0.2) is 0 Å². The van der Waals surface area contributed by atoms with E-state index in [1.54, 1.807) is 0 Å². The standard InChI is InChI=1S/C17H26O4/c1-5-9-19-15-8-7-14(11-17(18)21-13(3)4)16(12-15)20-10-6-2/h7-8,12-13H,5-6,9-11H2,1-4H3. The minimum absolute atomic E-state index is 0.107. The van der Waals surface area contributed by atoms with Crippen molar-refractivity contribution >= 4 is 5.97 Å². The third kappa shape index (κ3) is 6.52. The van der Waals surface area contributed by atoms with Gasteiger partial charge < -0.3 is 14.2 Å².